The molecule has 1 aromatic carbocycles. The van der Waals surface area contributed by atoms with Crippen molar-refractivity contribution in [3.8, 4) is 0 Å². The molecular formula is C11H16BrNO3S. The van der Waals surface area contributed by atoms with E-state index in [4.69, 9.17) is 0 Å². The molecule has 0 saturated carbocycles. The molecule has 0 amide bonds. The summed E-state index contributed by atoms with van der Waals surface area (Å²) in [6.07, 6.45) is 1.22. The molecule has 1 rings (SSSR count). The minimum absolute atomic E-state index is 0.0637. The van der Waals surface area contributed by atoms with Crippen LogP contribution in [0.4, 0.5) is 5.69 Å². The molecule has 1 N–H and O–H groups in total. The van der Waals surface area contributed by atoms with Crippen molar-refractivity contribution >= 4 is 31.5 Å². The van der Waals surface area contributed by atoms with Crippen LogP contribution < -0.4 is 4.90 Å². The van der Waals surface area contributed by atoms with E-state index in [1.165, 1.54) is 6.26 Å². The number of benzene rings is 1. The van der Waals surface area contributed by atoms with Crippen LogP contribution in [0.3, 0.4) is 0 Å². The maximum Gasteiger partial charge on any atom is 0.149 e. The van der Waals surface area contributed by atoms with Gasteiger partial charge in [0.2, 0.25) is 0 Å². The second-order valence-electron chi connectivity index (χ2n) is 3.98. The molecule has 0 atom stereocenters. The average Bonchev–Trinajstić information content (AvgIpc) is 2.25. The minimum Gasteiger partial charge on any atom is -0.392 e. The first-order chi connectivity index (χ1) is 7.83. The highest BCUT2D eigenvalue weighted by molar-refractivity contribution is 9.10. The number of aliphatic hydroxyl groups excluding tert-OH is 1. The highest BCUT2D eigenvalue weighted by Gasteiger charge is 2.10. The average molecular weight is 322 g/mol. The molecule has 0 aliphatic rings. The Balaban J connectivity index is 2.87. The van der Waals surface area contributed by atoms with Crippen LogP contribution in [0, 0.1) is 0 Å². The third kappa shape index (κ3) is 4.65. The predicted octanol–water partition coefficient (Wildman–Crippen LogP) is 1.42. The maximum atomic E-state index is 11.1. The molecule has 0 saturated heterocycles. The second-order valence-corrected chi connectivity index (χ2v) is 7.16. The van der Waals surface area contributed by atoms with Crippen molar-refractivity contribution in [2.75, 3.05) is 30.5 Å². The lowest BCUT2D eigenvalue weighted by Gasteiger charge is -2.21. The summed E-state index contributed by atoms with van der Waals surface area (Å²) < 4.78 is 23.1. The van der Waals surface area contributed by atoms with Gasteiger partial charge < -0.3 is 10.0 Å². The molecule has 17 heavy (non-hydrogen) atoms. The number of sulfone groups is 1. The smallest absolute Gasteiger partial charge is 0.149 e. The van der Waals surface area contributed by atoms with Crippen molar-refractivity contribution in [1.82, 2.24) is 0 Å². The van der Waals surface area contributed by atoms with Crippen LogP contribution in [0.5, 0.6) is 0 Å². The number of aliphatic hydroxyl groups is 1. The Hall–Kier alpha value is -0.590. The van der Waals surface area contributed by atoms with E-state index in [-0.39, 0.29) is 12.4 Å². The van der Waals surface area contributed by atoms with Crippen molar-refractivity contribution in [1.29, 1.82) is 0 Å². The standard InChI is InChI=1S/C11H16BrNO3S/c1-13(5-6-17(2,15)16)11-7-10(12)4-3-9(11)8-14/h3-4,7,14H,5-6,8H2,1-2H3. The van der Waals surface area contributed by atoms with E-state index in [0.717, 1.165) is 15.7 Å². The lowest BCUT2D eigenvalue weighted by molar-refractivity contribution is 0.282. The van der Waals surface area contributed by atoms with E-state index in [2.05, 4.69) is 15.9 Å². The van der Waals surface area contributed by atoms with E-state index in [1.807, 2.05) is 30.1 Å². The Kier molecular flexibility index (Phi) is 4.97. The number of rotatable bonds is 5. The number of hydrogen-bond donors (Lipinski definition) is 1. The first kappa shape index (κ1) is 14.5. The summed E-state index contributed by atoms with van der Waals surface area (Å²) in [5, 5.41) is 9.23. The van der Waals surface area contributed by atoms with Gasteiger partial charge >= 0.3 is 0 Å². The van der Waals surface area contributed by atoms with Gasteiger partial charge in [-0.05, 0) is 12.1 Å². The van der Waals surface area contributed by atoms with E-state index in [1.54, 1.807) is 0 Å². The van der Waals surface area contributed by atoms with Gasteiger partial charge in [-0.1, -0.05) is 22.0 Å². The van der Waals surface area contributed by atoms with Crippen molar-refractivity contribution < 1.29 is 13.5 Å². The van der Waals surface area contributed by atoms with Gasteiger partial charge in [0.1, 0.15) is 9.84 Å². The lowest BCUT2D eigenvalue weighted by atomic mass is 10.2. The van der Waals surface area contributed by atoms with Crippen LogP contribution in [0.1, 0.15) is 5.56 Å². The molecule has 1 aromatic rings. The fraction of sp³-hybridized carbons (Fsp3) is 0.455. The molecule has 96 valence electrons. The summed E-state index contributed by atoms with van der Waals surface area (Å²) in [4.78, 5) is 1.83. The first-order valence-electron chi connectivity index (χ1n) is 5.11. The van der Waals surface area contributed by atoms with Gasteiger partial charge in [-0.3, -0.25) is 0 Å². The van der Waals surface area contributed by atoms with Crippen LogP contribution in [0.2, 0.25) is 0 Å². The van der Waals surface area contributed by atoms with Crippen LogP contribution in [-0.2, 0) is 16.4 Å². The van der Waals surface area contributed by atoms with E-state index in [9.17, 15) is 13.5 Å². The van der Waals surface area contributed by atoms with Crippen molar-refractivity contribution in [2.45, 2.75) is 6.61 Å². The number of halogens is 1. The highest BCUT2D eigenvalue weighted by atomic mass is 79.9. The monoisotopic (exact) mass is 321 g/mol. The van der Waals surface area contributed by atoms with E-state index < -0.39 is 9.84 Å². The Bertz CT molecular complexity index is 487. The van der Waals surface area contributed by atoms with Crippen molar-refractivity contribution in [3.63, 3.8) is 0 Å². The van der Waals surface area contributed by atoms with Gasteiger partial charge in [-0.15, -0.1) is 0 Å². The second kappa shape index (κ2) is 5.84. The van der Waals surface area contributed by atoms with Crippen LogP contribution in [0.25, 0.3) is 0 Å². The summed E-state index contributed by atoms with van der Waals surface area (Å²) in [6.45, 7) is 0.341. The topological polar surface area (TPSA) is 57.6 Å². The van der Waals surface area contributed by atoms with Gasteiger partial charge in [-0.2, -0.15) is 0 Å². The number of anilines is 1. The van der Waals surface area contributed by atoms with Crippen molar-refractivity contribution in [2.24, 2.45) is 0 Å². The van der Waals surface area contributed by atoms with Gasteiger partial charge in [-0.25, -0.2) is 8.42 Å². The third-order valence-electron chi connectivity index (χ3n) is 2.43. The minimum atomic E-state index is -2.97. The van der Waals surface area contributed by atoms with Gasteiger partial charge in [0, 0.05) is 35.6 Å². The quantitative estimate of drug-likeness (QED) is 0.891. The molecule has 0 unspecified atom stereocenters. The normalized spacial score (nSPS) is 11.5. The van der Waals surface area contributed by atoms with Gasteiger partial charge in [0.05, 0.1) is 12.4 Å². The Morgan fingerprint density at radius 3 is 2.59 bits per heavy atom. The molecule has 0 aromatic heterocycles. The summed E-state index contributed by atoms with van der Waals surface area (Å²) in [6, 6.07) is 5.53. The molecule has 0 fully saturated rings. The molecule has 0 radical (unpaired) electrons. The third-order valence-corrected chi connectivity index (χ3v) is 3.84. The summed E-state index contributed by atoms with van der Waals surface area (Å²) in [5.74, 6) is 0.0981. The zero-order valence-corrected chi connectivity index (χ0v) is 12.3. The fourth-order valence-electron chi connectivity index (χ4n) is 1.45. The first-order valence-corrected chi connectivity index (χ1v) is 7.97. The van der Waals surface area contributed by atoms with Crippen LogP contribution in [0.15, 0.2) is 22.7 Å². The molecule has 0 bridgehead atoms. The highest BCUT2D eigenvalue weighted by Crippen LogP contribution is 2.24. The predicted molar refractivity (Wildman–Crippen MR) is 73.0 cm³/mol. The zero-order valence-electron chi connectivity index (χ0n) is 9.85. The van der Waals surface area contributed by atoms with E-state index in [0.29, 0.717) is 6.54 Å². The molecular weight excluding hydrogens is 306 g/mol. The molecule has 0 aliphatic carbocycles. The lowest BCUT2D eigenvalue weighted by Crippen LogP contribution is -2.25. The molecule has 0 spiro atoms. The molecule has 0 heterocycles. The van der Waals surface area contributed by atoms with Crippen LogP contribution >= 0.6 is 15.9 Å². The zero-order chi connectivity index (χ0) is 13.1. The van der Waals surface area contributed by atoms with Crippen molar-refractivity contribution in [3.05, 3.63) is 28.2 Å². The Morgan fingerprint density at radius 1 is 1.41 bits per heavy atom. The Labute approximate surface area is 110 Å². The number of nitrogens with zero attached hydrogens (tertiary/aromatic N) is 1. The van der Waals surface area contributed by atoms with Gasteiger partial charge in [0.25, 0.3) is 0 Å². The van der Waals surface area contributed by atoms with E-state index >= 15 is 0 Å². The SMILES string of the molecule is CN(CCS(C)(=O)=O)c1cc(Br)ccc1CO. The Morgan fingerprint density at radius 2 is 2.06 bits per heavy atom. The summed E-state index contributed by atoms with van der Waals surface area (Å²) >= 11 is 3.36. The van der Waals surface area contributed by atoms with Gasteiger partial charge in [0.15, 0.2) is 0 Å². The fourth-order valence-corrected chi connectivity index (χ4v) is 2.40. The largest absolute Gasteiger partial charge is 0.392 e. The number of hydrogen-bond acceptors (Lipinski definition) is 4. The molecule has 6 heteroatoms. The summed E-state index contributed by atoms with van der Waals surface area (Å²) in [7, 11) is -1.16. The summed E-state index contributed by atoms with van der Waals surface area (Å²) in [5.41, 5.74) is 1.62. The molecule has 4 nitrogen and oxygen atoms in total. The van der Waals surface area contributed by atoms with Crippen LogP contribution in [-0.4, -0.2) is 39.1 Å². The molecule has 0 aliphatic heterocycles. The maximum absolute atomic E-state index is 11.1.